The number of rotatable bonds is 7. The number of aromatic amines is 1. The summed E-state index contributed by atoms with van der Waals surface area (Å²) in [5.41, 5.74) is 2.02. The van der Waals surface area contributed by atoms with Crippen LogP contribution in [0.15, 0.2) is 29.4 Å². The van der Waals surface area contributed by atoms with Gasteiger partial charge in [-0.1, -0.05) is 0 Å². The van der Waals surface area contributed by atoms with Crippen LogP contribution in [0.5, 0.6) is 0 Å². The van der Waals surface area contributed by atoms with Gasteiger partial charge in [0.2, 0.25) is 0 Å². The molecule has 2 heterocycles. The smallest absolute Gasteiger partial charge is 0.193 e. The first-order chi connectivity index (χ1) is 13.2. The zero-order valence-electron chi connectivity index (χ0n) is 16.4. The van der Waals surface area contributed by atoms with Crippen LogP contribution in [-0.4, -0.2) is 55.7 Å². The SMILES string of the molecule is CCNC(=NCCc1c[nH]c2cc(F)ccc12)N(C)CCC1CCOCC1. The number of aromatic nitrogens is 1. The molecule has 148 valence electrons. The van der Waals surface area contributed by atoms with E-state index in [-0.39, 0.29) is 5.82 Å². The predicted octanol–water partition coefficient (Wildman–Crippen LogP) is 3.56. The van der Waals surface area contributed by atoms with E-state index in [1.165, 1.54) is 37.0 Å². The number of nitrogens with one attached hydrogen (secondary N) is 2. The maximum atomic E-state index is 13.3. The lowest BCUT2D eigenvalue weighted by Crippen LogP contribution is -2.40. The molecule has 0 unspecified atom stereocenters. The van der Waals surface area contributed by atoms with Crippen LogP contribution in [0, 0.1) is 11.7 Å². The zero-order valence-corrected chi connectivity index (χ0v) is 16.4. The van der Waals surface area contributed by atoms with E-state index >= 15 is 0 Å². The van der Waals surface area contributed by atoms with E-state index in [0.29, 0.717) is 6.54 Å². The van der Waals surface area contributed by atoms with E-state index in [1.54, 1.807) is 0 Å². The molecule has 0 aliphatic carbocycles. The fourth-order valence-electron chi connectivity index (χ4n) is 3.63. The van der Waals surface area contributed by atoms with Gasteiger partial charge >= 0.3 is 0 Å². The van der Waals surface area contributed by atoms with Gasteiger partial charge in [0.1, 0.15) is 5.82 Å². The number of aliphatic imine (C=N–C) groups is 1. The van der Waals surface area contributed by atoms with Gasteiger partial charge in [0.25, 0.3) is 0 Å². The second-order valence-electron chi connectivity index (χ2n) is 7.26. The molecule has 0 radical (unpaired) electrons. The Kier molecular flexibility index (Phi) is 7.10. The van der Waals surface area contributed by atoms with Crippen molar-refractivity contribution in [3.05, 3.63) is 35.8 Å². The fourth-order valence-corrected chi connectivity index (χ4v) is 3.63. The minimum absolute atomic E-state index is 0.213. The Balaban J connectivity index is 1.55. The topological polar surface area (TPSA) is 52.7 Å². The summed E-state index contributed by atoms with van der Waals surface area (Å²) in [6, 6.07) is 4.89. The van der Waals surface area contributed by atoms with Crippen molar-refractivity contribution in [2.45, 2.75) is 32.6 Å². The van der Waals surface area contributed by atoms with Gasteiger partial charge in [-0.15, -0.1) is 0 Å². The average molecular weight is 375 g/mol. The van der Waals surface area contributed by atoms with Crippen molar-refractivity contribution < 1.29 is 9.13 Å². The van der Waals surface area contributed by atoms with Crippen molar-refractivity contribution in [1.29, 1.82) is 0 Å². The van der Waals surface area contributed by atoms with E-state index in [1.807, 2.05) is 12.3 Å². The Morgan fingerprint density at radius 3 is 2.96 bits per heavy atom. The van der Waals surface area contributed by atoms with Crippen LogP contribution >= 0.6 is 0 Å². The number of guanidine groups is 1. The highest BCUT2D eigenvalue weighted by atomic mass is 19.1. The summed E-state index contributed by atoms with van der Waals surface area (Å²) < 4.78 is 18.8. The third kappa shape index (κ3) is 5.45. The lowest BCUT2D eigenvalue weighted by atomic mass is 9.96. The Morgan fingerprint density at radius 2 is 2.19 bits per heavy atom. The summed E-state index contributed by atoms with van der Waals surface area (Å²) in [5, 5.41) is 4.46. The van der Waals surface area contributed by atoms with Crippen LogP contribution in [0.3, 0.4) is 0 Å². The highest BCUT2D eigenvalue weighted by molar-refractivity contribution is 5.83. The van der Waals surface area contributed by atoms with Crippen LogP contribution in [0.1, 0.15) is 31.7 Å². The van der Waals surface area contributed by atoms with Crippen molar-refractivity contribution in [2.75, 3.05) is 39.9 Å². The molecule has 0 spiro atoms. The van der Waals surface area contributed by atoms with Crippen LogP contribution in [0.25, 0.3) is 10.9 Å². The quantitative estimate of drug-likeness (QED) is 0.575. The average Bonchev–Trinajstić information content (AvgIpc) is 3.08. The maximum absolute atomic E-state index is 13.3. The number of hydrogen-bond acceptors (Lipinski definition) is 2. The fraction of sp³-hybridized carbons (Fsp3) is 0.571. The largest absolute Gasteiger partial charge is 0.381 e. The van der Waals surface area contributed by atoms with Gasteiger partial charge in [0, 0.05) is 57.0 Å². The minimum atomic E-state index is -0.213. The number of fused-ring (bicyclic) bond motifs is 1. The third-order valence-corrected chi connectivity index (χ3v) is 5.28. The number of halogens is 1. The van der Waals surface area contributed by atoms with Crippen LogP contribution in [0.2, 0.25) is 0 Å². The first-order valence-electron chi connectivity index (χ1n) is 10.00. The lowest BCUT2D eigenvalue weighted by Gasteiger charge is -2.26. The van der Waals surface area contributed by atoms with Crippen molar-refractivity contribution in [1.82, 2.24) is 15.2 Å². The third-order valence-electron chi connectivity index (χ3n) is 5.28. The van der Waals surface area contributed by atoms with Crippen LogP contribution < -0.4 is 5.32 Å². The molecular weight excluding hydrogens is 343 g/mol. The molecule has 6 heteroatoms. The number of benzene rings is 1. The highest BCUT2D eigenvalue weighted by Gasteiger charge is 2.15. The summed E-state index contributed by atoms with van der Waals surface area (Å²) in [6.45, 7) is 6.45. The number of ether oxygens (including phenoxy) is 1. The Labute approximate surface area is 161 Å². The van der Waals surface area contributed by atoms with Crippen molar-refractivity contribution in [3.8, 4) is 0 Å². The Hall–Kier alpha value is -2.08. The second kappa shape index (κ2) is 9.74. The molecule has 1 saturated heterocycles. The number of nitrogens with zero attached hydrogens (tertiary/aromatic N) is 2. The van der Waals surface area contributed by atoms with E-state index < -0.39 is 0 Å². The Bertz CT molecular complexity index is 752. The molecule has 0 bridgehead atoms. The maximum Gasteiger partial charge on any atom is 0.193 e. The van der Waals surface area contributed by atoms with Gasteiger partial charge in [-0.25, -0.2) is 4.39 Å². The second-order valence-corrected chi connectivity index (χ2v) is 7.26. The van der Waals surface area contributed by atoms with Gasteiger partial charge in [-0.2, -0.15) is 0 Å². The summed E-state index contributed by atoms with van der Waals surface area (Å²) >= 11 is 0. The molecule has 0 atom stereocenters. The molecule has 1 aromatic carbocycles. The molecule has 0 amide bonds. The van der Waals surface area contributed by atoms with Crippen LogP contribution in [-0.2, 0) is 11.2 Å². The first kappa shape index (κ1) is 19.7. The number of H-pyrrole nitrogens is 1. The summed E-state index contributed by atoms with van der Waals surface area (Å²) in [5.74, 6) is 1.50. The van der Waals surface area contributed by atoms with Crippen LogP contribution in [0.4, 0.5) is 4.39 Å². The molecule has 1 aromatic heterocycles. The molecule has 3 rings (SSSR count). The monoisotopic (exact) mass is 374 g/mol. The van der Waals surface area contributed by atoms with Gasteiger partial charge in [0.05, 0.1) is 0 Å². The molecule has 1 aliphatic heterocycles. The van der Waals surface area contributed by atoms with Crippen molar-refractivity contribution >= 4 is 16.9 Å². The molecule has 1 aliphatic rings. The minimum Gasteiger partial charge on any atom is -0.381 e. The standard InChI is InChI=1S/C21H31FN4O/c1-3-23-21(26(2)11-7-16-8-12-27-13-9-16)24-10-6-17-15-25-20-14-18(22)4-5-19(17)20/h4-5,14-16,25H,3,6-13H2,1-2H3,(H,23,24). The molecule has 27 heavy (non-hydrogen) atoms. The summed E-state index contributed by atoms with van der Waals surface area (Å²) in [6.07, 6.45) is 6.30. The predicted molar refractivity (Wildman–Crippen MR) is 109 cm³/mol. The Morgan fingerprint density at radius 1 is 1.37 bits per heavy atom. The van der Waals surface area contributed by atoms with Gasteiger partial charge < -0.3 is 19.9 Å². The normalized spacial score (nSPS) is 16.0. The van der Waals surface area contributed by atoms with E-state index in [4.69, 9.17) is 9.73 Å². The lowest BCUT2D eigenvalue weighted by molar-refractivity contribution is 0.0625. The van der Waals surface area contributed by atoms with E-state index in [2.05, 4.69) is 29.2 Å². The van der Waals surface area contributed by atoms with Gasteiger partial charge in [-0.3, -0.25) is 4.99 Å². The molecular formula is C21H31FN4O. The van der Waals surface area contributed by atoms with E-state index in [0.717, 1.165) is 55.5 Å². The van der Waals surface area contributed by atoms with E-state index in [9.17, 15) is 4.39 Å². The number of hydrogen-bond donors (Lipinski definition) is 2. The first-order valence-corrected chi connectivity index (χ1v) is 10.00. The highest BCUT2D eigenvalue weighted by Crippen LogP contribution is 2.20. The molecule has 1 fully saturated rings. The summed E-state index contributed by atoms with van der Waals surface area (Å²) in [4.78, 5) is 10.2. The molecule has 2 aromatic rings. The van der Waals surface area contributed by atoms with Gasteiger partial charge in [-0.05, 0) is 62.3 Å². The molecule has 2 N–H and O–H groups in total. The van der Waals surface area contributed by atoms with Crippen molar-refractivity contribution in [2.24, 2.45) is 10.9 Å². The zero-order chi connectivity index (χ0) is 19.1. The molecule has 0 saturated carbocycles. The molecule has 5 nitrogen and oxygen atoms in total. The van der Waals surface area contributed by atoms with Gasteiger partial charge in [0.15, 0.2) is 5.96 Å². The van der Waals surface area contributed by atoms with Crippen molar-refractivity contribution in [3.63, 3.8) is 0 Å². The summed E-state index contributed by atoms with van der Waals surface area (Å²) in [7, 11) is 2.11.